The van der Waals surface area contributed by atoms with E-state index in [1.807, 2.05) is 55.5 Å². The van der Waals surface area contributed by atoms with Crippen molar-refractivity contribution in [2.75, 3.05) is 0 Å². The van der Waals surface area contributed by atoms with Gasteiger partial charge in [0.2, 0.25) is 5.76 Å². The van der Waals surface area contributed by atoms with Gasteiger partial charge in [0, 0.05) is 11.6 Å². The molecule has 1 N–H and O–H groups in total. The van der Waals surface area contributed by atoms with Crippen LogP contribution in [0.1, 0.15) is 21.7 Å². The molecule has 0 atom stereocenters. The highest BCUT2D eigenvalue weighted by Gasteiger charge is 2.12. The average molecular weight is 309 g/mol. The molecular formula is C18H15NO4. The van der Waals surface area contributed by atoms with Gasteiger partial charge in [0.05, 0.1) is 0 Å². The van der Waals surface area contributed by atoms with Crippen LogP contribution in [0.4, 0.5) is 0 Å². The number of hydrogen-bond donors (Lipinski definition) is 1. The van der Waals surface area contributed by atoms with Crippen LogP contribution in [0.5, 0.6) is 5.75 Å². The third-order valence-electron chi connectivity index (χ3n) is 3.53. The number of ether oxygens (including phenoxy) is 1. The van der Waals surface area contributed by atoms with Crippen molar-refractivity contribution in [3.05, 3.63) is 71.5 Å². The predicted octanol–water partition coefficient (Wildman–Crippen LogP) is 3.93. The summed E-state index contributed by atoms with van der Waals surface area (Å²) in [7, 11) is 0. The molecule has 1 aromatic heterocycles. The molecule has 0 spiro atoms. The summed E-state index contributed by atoms with van der Waals surface area (Å²) in [6.07, 6.45) is 0. The maximum Gasteiger partial charge on any atom is 0.374 e. The molecule has 0 radical (unpaired) electrons. The Balaban J connectivity index is 1.69. The van der Waals surface area contributed by atoms with Crippen molar-refractivity contribution in [1.29, 1.82) is 0 Å². The van der Waals surface area contributed by atoms with E-state index in [2.05, 4.69) is 5.16 Å². The normalized spacial score (nSPS) is 10.5. The Morgan fingerprint density at radius 1 is 1.17 bits per heavy atom. The molecule has 3 rings (SSSR count). The second kappa shape index (κ2) is 6.36. The number of nitrogens with zero attached hydrogens (tertiary/aromatic N) is 1. The molecule has 2 aromatic carbocycles. The molecule has 23 heavy (non-hydrogen) atoms. The van der Waals surface area contributed by atoms with E-state index in [0.717, 1.165) is 16.9 Å². The van der Waals surface area contributed by atoms with Gasteiger partial charge in [-0.1, -0.05) is 29.4 Å². The average Bonchev–Trinajstić information content (AvgIpc) is 3.05. The van der Waals surface area contributed by atoms with Gasteiger partial charge in [-0.15, -0.1) is 0 Å². The van der Waals surface area contributed by atoms with Gasteiger partial charge in [-0.25, -0.2) is 4.79 Å². The van der Waals surface area contributed by atoms with Gasteiger partial charge in [0.15, 0.2) is 0 Å². The number of aromatic nitrogens is 1. The van der Waals surface area contributed by atoms with Gasteiger partial charge in [-0.3, -0.25) is 0 Å². The molecule has 0 amide bonds. The van der Waals surface area contributed by atoms with Crippen LogP contribution in [0.3, 0.4) is 0 Å². The third kappa shape index (κ3) is 3.40. The van der Waals surface area contributed by atoms with Crippen molar-refractivity contribution < 1.29 is 19.2 Å². The van der Waals surface area contributed by atoms with E-state index < -0.39 is 5.97 Å². The second-order valence-corrected chi connectivity index (χ2v) is 5.12. The molecule has 3 aromatic rings. The fourth-order valence-corrected chi connectivity index (χ4v) is 2.17. The van der Waals surface area contributed by atoms with E-state index in [1.54, 1.807) is 0 Å². The summed E-state index contributed by atoms with van der Waals surface area (Å²) in [5.41, 5.74) is 3.57. The molecule has 116 valence electrons. The van der Waals surface area contributed by atoms with Crippen molar-refractivity contribution in [1.82, 2.24) is 5.16 Å². The van der Waals surface area contributed by atoms with Crippen LogP contribution in [-0.4, -0.2) is 16.2 Å². The minimum Gasteiger partial charge on any atom is -0.489 e. The largest absolute Gasteiger partial charge is 0.489 e. The number of aryl methyl sites for hydroxylation is 1. The van der Waals surface area contributed by atoms with E-state index >= 15 is 0 Å². The number of carbonyl (C=O) groups is 1. The molecule has 0 aliphatic heterocycles. The number of aromatic carboxylic acids is 1. The van der Waals surface area contributed by atoms with Crippen molar-refractivity contribution >= 4 is 5.97 Å². The molecule has 5 nitrogen and oxygen atoms in total. The predicted molar refractivity (Wildman–Crippen MR) is 84.4 cm³/mol. The first kappa shape index (κ1) is 14.8. The highest BCUT2D eigenvalue weighted by Crippen LogP contribution is 2.23. The summed E-state index contributed by atoms with van der Waals surface area (Å²) < 4.78 is 10.5. The zero-order chi connectivity index (χ0) is 16.2. The summed E-state index contributed by atoms with van der Waals surface area (Å²) in [6, 6.07) is 16.7. The maximum atomic E-state index is 10.8. The van der Waals surface area contributed by atoms with Gasteiger partial charge >= 0.3 is 5.97 Å². The summed E-state index contributed by atoms with van der Waals surface area (Å²) in [6.45, 7) is 2.55. The Morgan fingerprint density at radius 2 is 1.91 bits per heavy atom. The van der Waals surface area contributed by atoms with E-state index in [9.17, 15) is 4.79 Å². The fourth-order valence-electron chi connectivity index (χ4n) is 2.17. The van der Waals surface area contributed by atoms with E-state index in [-0.39, 0.29) is 5.76 Å². The molecule has 0 fully saturated rings. The number of hydrogen-bond acceptors (Lipinski definition) is 4. The van der Waals surface area contributed by atoms with Crippen LogP contribution >= 0.6 is 0 Å². The van der Waals surface area contributed by atoms with Gasteiger partial charge < -0.3 is 14.4 Å². The molecule has 0 saturated heterocycles. The summed E-state index contributed by atoms with van der Waals surface area (Å²) in [4.78, 5) is 10.8. The number of carboxylic acids is 1. The second-order valence-electron chi connectivity index (χ2n) is 5.12. The van der Waals surface area contributed by atoms with Crippen LogP contribution in [0, 0.1) is 6.92 Å². The summed E-state index contributed by atoms with van der Waals surface area (Å²) in [5.74, 6) is -0.583. The lowest BCUT2D eigenvalue weighted by Gasteiger charge is -2.08. The molecule has 1 heterocycles. The van der Waals surface area contributed by atoms with Crippen molar-refractivity contribution in [3.63, 3.8) is 0 Å². The maximum absolute atomic E-state index is 10.8. The lowest BCUT2D eigenvalue weighted by Crippen LogP contribution is -1.97. The zero-order valence-electron chi connectivity index (χ0n) is 12.5. The highest BCUT2D eigenvalue weighted by atomic mass is 16.5. The Morgan fingerprint density at radius 3 is 2.57 bits per heavy atom. The minimum atomic E-state index is -1.14. The Kier molecular flexibility index (Phi) is 4.10. The molecule has 0 bridgehead atoms. The molecule has 5 heteroatoms. The molecule has 0 aliphatic rings. The van der Waals surface area contributed by atoms with Crippen molar-refractivity contribution in [3.8, 4) is 17.0 Å². The quantitative estimate of drug-likeness (QED) is 0.773. The van der Waals surface area contributed by atoms with Gasteiger partial charge in [0.25, 0.3) is 0 Å². The number of carboxylic acid groups (broad SMARTS) is 1. The van der Waals surface area contributed by atoms with Crippen LogP contribution in [0.15, 0.2) is 59.1 Å². The van der Waals surface area contributed by atoms with Crippen LogP contribution in [-0.2, 0) is 6.61 Å². The van der Waals surface area contributed by atoms with Gasteiger partial charge in [-0.2, -0.15) is 0 Å². The number of rotatable bonds is 5. The van der Waals surface area contributed by atoms with E-state index in [4.69, 9.17) is 14.4 Å². The topological polar surface area (TPSA) is 72.6 Å². The summed E-state index contributed by atoms with van der Waals surface area (Å²) >= 11 is 0. The fraction of sp³-hybridized carbons (Fsp3) is 0.111. The van der Waals surface area contributed by atoms with Crippen molar-refractivity contribution in [2.24, 2.45) is 0 Å². The molecular weight excluding hydrogens is 294 g/mol. The van der Waals surface area contributed by atoms with Crippen LogP contribution in [0.2, 0.25) is 0 Å². The van der Waals surface area contributed by atoms with Crippen LogP contribution < -0.4 is 4.74 Å². The van der Waals surface area contributed by atoms with E-state index in [1.165, 1.54) is 11.6 Å². The minimum absolute atomic E-state index is 0.181. The Bertz CT molecular complexity index is 821. The standard InChI is InChI=1S/C18H15NO4/c1-12-4-2-3-5-14(12)11-22-15-8-6-13(7-9-15)16-10-17(18(20)21)23-19-16/h2-10H,11H2,1H3,(H,20,21). The Labute approximate surface area is 133 Å². The summed E-state index contributed by atoms with van der Waals surface area (Å²) in [5, 5.41) is 12.6. The smallest absolute Gasteiger partial charge is 0.374 e. The lowest BCUT2D eigenvalue weighted by molar-refractivity contribution is 0.0652. The molecule has 0 aliphatic carbocycles. The first-order chi connectivity index (χ1) is 11.1. The Hall–Kier alpha value is -3.08. The van der Waals surface area contributed by atoms with Crippen LogP contribution in [0.25, 0.3) is 11.3 Å². The molecule has 0 unspecified atom stereocenters. The first-order valence-electron chi connectivity index (χ1n) is 7.11. The SMILES string of the molecule is Cc1ccccc1COc1ccc(-c2cc(C(=O)O)on2)cc1. The lowest BCUT2D eigenvalue weighted by atomic mass is 10.1. The van der Waals surface area contributed by atoms with E-state index in [0.29, 0.717) is 12.3 Å². The van der Waals surface area contributed by atoms with Crippen molar-refractivity contribution in [2.45, 2.75) is 13.5 Å². The number of benzene rings is 2. The zero-order valence-corrected chi connectivity index (χ0v) is 12.5. The van der Waals surface area contributed by atoms with Gasteiger partial charge in [0.1, 0.15) is 18.1 Å². The monoisotopic (exact) mass is 309 g/mol. The highest BCUT2D eigenvalue weighted by molar-refractivity contribution is 5.85. The molecule has 0 saturated carbocycles. The van der Waals surface area contributed by atoms with Gasteiger partial charge in [-0.05, 0) is 42.3 Å². The first-order valence-corrected chi connectivity index (χ1v) is 7.11. The third-order valence-corrected chi connectivity index (χ3v) is 3.53.